The quantitative estimate of drug-likeness (QED) is 0.256. The van der Waals surface area contributed by atoms with Crippen molar-refractivity contribution < 1.29 is 13.2 Å². The molecule has 0 bridgehead atoms. The molecule has 0 atom stereocenters. The van der Waals surface area contributed by atoms with Crippen LogP contribution in [-0.4, -0.2) is 17.8 Å². The third-order valence-corrected chi connectivity index (χ3v) is 7.69. The Kier molecular flexibility index (Phi) is 7.01. The maximum atomic E-state index is 13.4. The number of ether oxygens (including phenoxy) is 1. The van der Waals surface area contributed by atoms with Crippen LogP contribution in [0, 0.1) is 18.3 Å². The van der Waals surface area contributed by atoms with Gasteiger partial charge in [0.15, 0.2) is 0 Å². The zero-order valence-corrected chi connectivity index (χ0v) is 21.8. The van der Waals surface area contributed by atoms with Gasteiger partial charge < -0.3 is 4.74 Å². The molecule has 0 saturated heterocycles. The first-order valence-electron chi connectivity index (χ1n) is 9.89. The lowest BCUT2D eigenvalue weighted by Gasteiger charge is -2.12. The Morgan fingerprint density at radius 1 is 1.17 bits per heavy atom. The van der Waals surface area contributed by atoms with E-state index in [1.807, 2.05) is 0 Å². The molecule has 2 aromatic carbocycles. The summed E-state index contributed by atoms with van der Waals surface area (Å²) in [5.41, 5.74) is 0.105. The van der Waals surface area contributed by atoms with Gasteiger partial charge in [-0.05, 0) is 67.1 Å². The highest BCUT2D eigenvalue weighted by Crippen LogP contribution is 2.33. The van der Waals surface area contributed by atoms with Crippen molar-refractivity contribution in [2.45, 2.75) is 11.8 Å². The van der Waals surface area contributed by atoms with E-state index in [0.29, 0.717) is 20.7 Å². The number of hydrogen-bond acceptors (Lipinski definition) is 6. The second-order valence-electron chi connectivity index (χ2n) is 7.28. The summed E-state index contributed by atoms with van der Waals surface area (Å²) in [5, 5.41) is 10.3. The van der Waals surface area contributed by atoms with E-state index in [1.54, 1.807) is 25.1 Å². The summed E-state index contributed by atoms with van der Waals surface area (Å²) >= 11 is 15.4. The average molecular weight is 591 g/mol. The van der Waals surface area contributed by atoms with Gasteiger partial charge in [-0.1, -0.05) is 45.2 Å². The van der Waals surface area contributed by atoms with Crippen LogP contribution < -0.4 is 10.3 Å². The maximum Gasteiger partial charge on any atom is 0.269 e. The van der Waals surface area contributed by atoms with Crippen LogP contribution in [0.4, 0.5) is 0 Å². The fraction of sp³-hybridized carbons (Fsp3) is 0.0417. The number of pyridine rings is 1. The second-order valence-corrected chi connectivity index (χ2v) is 11.0. The van der Waals surface area contributed by atoms with Crippen LogP contribution in [-0.2, 0) is 9.84 Å². The van der Waals surface area contributed by atoms with E-state index >= 15 is 0 Å². The molecule has 0 unspecified atom stereocenters. The minimum atomic E-state index is -4.24. The molecule has 0 aliphatic rings. The number of hydrogen-bond donors (Lipinski definition) is 0. The predicted molar refractivity (Wildman–Crippen MR) is 138 cm³/mol. The van der Waals surface area contributed by atoms with Gasteiger partial charge in [-0.25, -0.2) is 8.42 Å². The van der Waals surface area contributed by atoms with E-state index in [4.69, 9.17) is 27.9 Å². The smallest absolute Gasteiger partial charge is 0.269 e. The Morgan fingerprint density at radius 3 is 2.54 bits per heavy atom. The number of sulfone groups is 1. The second kappa shape index (κ2) is 9.84. The monoisotopic (exact) mass is 589 g/mol. The van der Waals surface area contributed by atoms with Gasteiger partial charge in [-0.3, -0.25) is 9.20 Å². The largest absolute Gasteiger partial charge is 0.437 e. The standard InChI is InChI=1S/C24H14BrCl2N3O4S/c1-14-3-2-10-30-22(14)29-23(34-21-9-6-16(26)11-20(21)27)19(24(30)31)12-18(13-28)35(32,33)17-7-4-15(25)5-8-17/h2-12H,1H3. The molecule has 0 fully saturated rings. The van der Waals surface area contributed by atoms with E-state index in [1.165, 1.54) is 53.1 Å². The molecule has 4 rings (SSSR count). The molecule has 35 heavy (non-hydrogen) atoms. The van der Waals surface area contributed by atoms with Crippen molar-refractivity contribution in [3.05, 3.63) is 102 Å². The molecular weight excluding hydrogens is 577 g/mol. The predicted octanol–water partition coefficient (Wildman–Crippen LogP) is 6.20. The molecule has 0 aliphatic heterocycles. The maximum absolute atomic E-state index is 13.4. The average Bonchev–Trinajstić information content (AvgIpc) is 2.81. The third-order valence-electron chi connectivity index (χ3n) is 4.95. The van der Waals surface area contributed by atoms with E-state index < -0.39 is 20.3 Å². The Bertz CT molecular complexity index is 1710. The number of allylic oxidation sites excluding steroid dienone is 1. The number of aryl methyl sites for hydroxylation is 1. The topological polar surface area (TPSA) is 102 Å². The van der Waals surface area contributed by atoms with Crippen LogP contribution in [0.3, 0.4) is 0 Å². The van der Waals surface area contributed by atoms with Gasteiger partial charge in [0.25, 0.3) is 5.56 Å². The van der Waals surface area contributed by atoms with E-state index in [2.05, 4.69) is 20.9 Å². The highest BCUT2D eigenvalue weighted by Gasteiger charge is 2.24. The first-order valence-corrected chi connectivity index (χ1v) is 12.9. The van der Waals surface area contributed by atoms with Gasteiger partial charge in [-0.2, -0.15) is 10.2 Å². The summed E-state index contributed by atoms with van der Waals surface area (Å²) in [6.45, 7) is 1.76. The number of rotatable bonds is 5. The fourth-order valence-electron chi connectivity index (χ4n) is 3.20. The lowest BCUT2D eigenvalue weighted by atomic mass is 10.2. The summed E-state index contributed by atoms with van der Waals surface area (Å²) in [4.78, 5) is 17.1. The number of halogens is 3. The molecule has 0 spiro atoms. The van der Waals surface area contributed by atoms with Crippen LogP contribution >= 0.6 is 39.1 Å². The van der Waals surface area contributed by atoms with Crippen LogP contribution in [0.15, 0.2) is 79.9 Å². The molecule has 4 aromatic rings. The normalized spacial score (nSPS) is 11.9. The van der Waals surface area contributed by atoms with Crippen LogP contribution in [0.1, 0.15) is 11.1 Å². The number of aromatic nitrogens is 2. The van der Waals surface area contributed by atoms with Gasteiger partial charge in [-0.15, -0.1) is 0 Å². The van der Waals surface area contributed by atoms with Crippen molar-refractivity contribution in [2.24, 2.45) is 0 Å². The lowest BCUT2D eigenvalue weighted by molar-refractivity contribution is 0.461. The number of benzene rings is 2. The van der Waals surface area contributed by atoms with E-state index in [9.17, 15) is 18.5 Å². The highest BCUT2D eigenvalue weighted by molar-refractivity contribution is 9.10. The lowest BCUT2D eigenvalue weighted by Crippen LogP contribution is -2.20. The molecule has 7 nitrogen and oxygen atoms in total. The van der Waals surface area contributed by atoms with Crippen molar-refractivity contribution >= 4 is 60.7 Å². The summed E-state index contributed by atoms with van der Waals surface area (Å²) < 4.78 is 34.1. The molecule has 0 N–H and O–H groups in total. The van der Waals surface area contributed by atoms with E-state index in [0.717, 1.165) is 6.08 Å². The van der Waals surface area contributed by atoms with Crippen molar-refractivity contribution in [1.82, 2.24) is 9.38 Å². The Morgan fingerprint density at radius 2 is 1.89 bits per heavy atom. The zero-order chi connectivity index (χ0) is 25.3. The molecule has 0 radical (unpaired) electrons. The molecule has 0 amide bonds. The van der Waals surface area contributed by atoms with Crippen LogP contribution in [0.2, 0.25) is 10.0 Å². The first kappa shape index (κ1) is 24.9. The molecular formula is C24H14BrCl2N3O4S. The highest BCUT2D eigenvalue weighted by atomic mass is 79.9. The molecule has 0 aliphatic carbocycles. The van der Waals surface area contributed by atoms with Gasteiger partial charge in [0.1, 0.15) is 27.9 Å². The summed E-state index contributed by atoms with van der Waals surface area (Å²) in [6, 6.07) is 15.4. The molecule has 11 heteroatoms. The van der Waals surface area contributed by atoms with Gasteiger partial charge in [0.05, 0.1) is 9.92 Å². The number of fused-ring (bicyclic) bond motifs is 1. The molecule has 2 heterocycles. The van der Waals surface area contributed by atoms with Crippen LogP contribution in [0.25, 0.3) is 11.7 Å². The van der Waals surface area contributed by atoms with Gasteiger partial charge in [0.2, 0.25) is 15.7 Å². The van der Waals surface area contributed by atoms with E-state index in [-0.39, 0.29) is 27.1 Å². The summed E-state index contributed by atoms with van der Waals surface area (Å²) in [7, 11) is -4.24. The fourth-order valence-corrected chi connectivity index (χ4v) is 5.05. The minimum Gasteiger partial charge on any atom is -0.437 e. The van der Waals surface area contributed by atoms with Gasteiger partial charge in [0, 0.05) is 15.7 Å². The van der Waals surface area contributed by atoms with Crippen molar-refractivity contribution in [3.63, 3.8) is 0 Å². The zero-order valence-electron chi connectivity index (χ0n) is 17.9. The third kappa shape index (κ3) is 4.97. The van der Waals surface area contributed by atoms with Crippen molar-refractivity contribution in [1.29, 1.82) is 5.26 Å². The summed E-state index contributed by atoms with van der Waals surface area (Å²) in [5.74, 6) is -0.0721. The van der Waals surface area contributed by atoms with Crippen LogP contribution in [0.5, 0.6) is 11.6 Å². The first-order chi connectivity index (χ1) is 16.6. The Labute approximate surface area is 218 Å². The molecule has 2 aromatic heterocycles. The molecule has 176 valence electrons. The van der Waals surface area contributed by atoms with Crippen molar-refractivity contribution in [3.8, 4) is 17.7 Å². The number of nitrogens with zero attached hydrogens (tertiary/aromatic N) is 3. The minimum absolute atomic E-state index is 0.110. The van der Waals surface area contributed by atoms with Gasteiger partial charge >= 0.3 is 0 Å². The summed E-state index contributed by atoms with van der Waals surface area (Å²) in [6.07, 6.45) is 2.45. The number of nitriles is 1. The Hall–Kier alpha value is -3.16. The van der Waals surface area contributed by atoms with Crippen molar-refractivity contribution in [2.75, 3.05) is 0 Å². The SMILES string of the molecule is Cc1cccn2c(=O)c(C=C(C#N)S(=O)(=O)c3ccc(Br)cc3)c(Oc3ccc(Cl)cc3Cl)nc12. The molecule has 0 saturated carbocycles. The Balaban J connectivity index is 1.97.